The van der Waals surface area contributed by atoms with E-state index in [4.69, 9.17) is 23.2 Å². The molecule has 0 aliphatic carbocycles. The lowest BCUT2D eigenvalue weighted by molar-refractivity contribution is -0.139. The second-order valence-electron chi connectivity index (χ2n) is 10.7. The molecule has 0 fully saturated rings. The van der Waals surface area contributed by atoms with Gasteiger partial charge in [0.15, 0.2) is 0 Å². The summed E-state index contributed by atoms with van der Waals surface area (Å²) in [5, 5.41) is 3.42. The van der Waals surface area contributed by atoms with E-state index in [2.05, 4.69) is 5.32 Å². The van der Waals surface area contributed by atoms with Gasteiger partial charge >= 0.3 is 0 Å². The van der Waals surface area contributed by atoms with Crippen molar-refractivity contribution in [3.63, 3.8) is 0 Å². The molecule has 2 amide bonds. The molecule has 10 heteroatoms. The first-order chi connectivity index (χ1) is 20.9. The van der Waals surface area contributed by atoms with E-state index in [1.807, 2.05) is 57.2 Å². The summed E-state index contributed by atoms with van der Waals surface area (Å²) < 4.78 is 29.4. The van der Waals surface area contributed by atoms with Crippen LogP contribution in [0, 0.1) is 20.8 Å². The highest BCUT2D eigenvalue weighted by atomic mass is 35.5. The molecular formula is C34H35Cl2N3O4S. The Morgan fingerprint density at radius 1 is 0.818 bits per heavy atom. The van der Waals surface area contributed by atoms with Crippen LogP contribution in [0.5, 0.6) is 0 Å². The minimum Gasteiger partial charge on any atom is -0.357 e. The van der Waals surface area contributed by atoms with Gasteiger partial charge in [-0.2, -0.15) is 0 Å². The molecular weight excluding hydrogens is 617 g/mol. The van der Waals surface area contributed by atoms with Crippen LogP contribution in [0.25, 0.3) is 0 Å². The SMILES string of the molecule is CNC(=O)C(Cc1ccccc1)N(Cc1ccc(Cl)cc1Cl)C(=O)CN(c1cc(C)cc(C)c1)S(=O)(=O)c1ccc(C)cc1. The Morgan fingerprint density at radius 3 is 2.05 bits per heavy atom. The van der Waals surface area contributed by atoms with Gasteiger partial charge in [0.05, 0.1) is 10.6 Å². The van der Waals surface area contributed by atoms with Crippen molar-refractivity contribution in [2.75, 3.05) is 17.9 Å². The van der Waals surface area contributed by atoms with Gasteiger partial charge in [-0.05, 0) is 79.4 Å². The monoisotopic (exact) mass is 651 g/mol. The van der Waals surface area contributed by atoms with E-state index in [1.54, 1.807) is 42.5 Å². The molecule has 1 atom stereocenters. The highest BCUT2D eigenvalue weighted by Crippen LogP contribution is 2.28. The number of likely N-dealkylation sites (N-methyl/N-ethyl adjacent to an activating group) is 1. The van der Waals surface area contributed by atoms with E-state index >= 15 is 0 Å². The summed E-state index contributed by atoms with van der Waals surface area (Å²) >= 11 is 12.7. The van der Waals surface area contributed by atoms with E-state index in [1.165, 1.54) is 24.1 Å². The number of anilines is 1. The number of halogens is 2. The molecule has 0 aliphatic heterocycles. The third-order valence-electron chi connectivity index (χ3n) is 7.26. The Balaban J connectivity index is 1.83. The maximum Gasteiger partial charge on any atom is 0.264 e. The van der Waals surface area contributed by atoms with Crippen LogP contribution in [0.15, 0.2) is 95.9 Å². The van der Waals surface area contributed by atoms with Gasteiger partial charge < -0.3 is 10.2 Å². The molecule has 0 heterocycles. The second-order valence-corrected chi connectivity index (χ2v) is 13.5. The summed E-state index contributed by atoms with van der Waals surface area (Å²) in [7, 11) is -2.69. The molecule has 0 saturated heterocycles. The zero-order valence-corrected chi connectivity index (χ0v) is 27.4. The van der Waals surface area contributed by atoms with Crippen LogP contribution in [-0.4, -0.2) is 44.8 Å². The fourth-order valence-corrected chi connectivity index (χ4v) is 6.88. The summed E-state index contributed by atoms with van der Waals surface area (Å²) in [6, 6.07) is 25.1. The Hall–Kier alpha value is -3.85. The van der Waals surface area contributed by atoms with Crippen molar-refractivity contribution in [3.05, 3.63) is 129 Å². The number of benzene rings is 4. The Bertz CT molecular complexity index is 1730. The molecule has 0 aliphatic rings. The fourth-order valence-electron chi connectivity index (χ4n) is 5.01. The van der Waals surface area contributed by atoms with Gasteiger partial charge in [0.25, 0.3) is 10.0 Å². The average Bonchev–Trinajstić information content (AvgIpc) is 2.98. The fraction of sp³-hybridized carbons (Fsp3) is 0.235. The maximum atomic E-state index is 14.4. The minimum absolute atomic E-state index is 0.0505. The third kappa shape index (κ3) is 8.00. The van der Waals surface area contributed by atoms with Crippen LogP contribution in [0.2, 0.25) is 10.0 Å². The summed E-state index contributed by atoms with van der Waals surface area (Å²) in [5.41, 5.74) is 4.33. The zero-order valence-electron chi connectivity index (χ0n) is 25.1. The number of amides is 2. The summed E-state index contributed by atoms with van der Waals surface area (Å²) in [4.78, 5) is 29.3. The molecule has 0 saturated carbocycles. The van der Waals surface area contributed by atoms with Crippen molar-refractivity contribution in [1.82, 2.24) is 10.2 Å². The van der Waals surface area contributed by atoms with Crippen molar-refractivity contribution in [2.45, 2.75) is 44.7 Å². The van der Waals surface area contributed by atoms with Crippen LogP contribution in [0.4, 0.5) is 5.69 Å². The molecule has 44 heavy (non-hydrogen) atoms. The molecule has 0 bridgehead atoms. The standard InChI is InChI=1S/C34H35Cl2N3O4S/c1-23-10-14-30(15-11-23)44(42,43)39(29-17-24(2)16-25(3)18-29)22-33(40)38(21-27-12-13-28(35)20-31(27)36)32(34(41)37-4)19-26-8-6-5-7-9-26/h5-18,20,32H,19,21-22H2,1-4H3,(H,37,41). The molecule has 230 valence electrons. The minimum atomic E-state index is -4.19. The van der Waals surface area contributed by atoms with Crippen molar-refractivity contribution in [1.29, 1.82) is 0 Å². The number of carbonyl (C=O) groups is 2. The normalized spacial score (nSPS) is 12.0. The van der Waals surface area contributed by atoms with Crippen LogP contribution < -0.4 is 9.62 Å². The quantitative estimate of drug-likeness (QED) is 0.201. The Labute approximate surface area is 269 Å². The van der Waals surface area contributed by atoms with Gasteiger partial charge in [0.2, 0.25) is 11.8 Å². The summed E-state index contributed by atoms with van der Waals surface area (Å²) in [5.74, 6) is -0.970. The van der Waals surface area contributed by atoms with Gasteiger partial charge in [0, 0.05) is 30.1 Å². The summed E-state index contributed by atoms with van der Waals surface area (Å²) in [6.45, 7) is 5.00. The van der Waals surface area contributed by atoms with Crippen molar-refractivity contribution in [2.24, 2.45) is 0 Å². The second kappa shape index (κ2) is 14.3. The summed E-state index contributed by atoms with van der Waals surface area (Å²) in [6.07, 6.45) is 0.200. The lowest BCUT2D eigenvalue weighted by atomic mass is 10.0. The van der Waals surface area contributed by atoms with E-state index in [-0.39, 0.29) is 17.9 Å². The lowest BCUT2D eigenvalue weighted by Crippen LogP contribution is -2.53. The molecule has 7 nitrogen and oxygen atoms in total. The highest BCUT2D eigenvalue weighted by Gasteiger charge is 2.34. The highest BCUT2D eigenvalue weighted by molar-refractivity contribution is 7.92. The van der Waals surface area contributed by atoms with E-state index in [0.29, 0.717) is 21.3 Å². The molecule has 0 aromatic heterocycles. The molecule has 4 aromatic rings. The van der Waals surface area contributed by atoms with Crippen LogP contribution in [0.3, 0.4) is 0 Å². The van der Waals surface area contributed by atoms with Crippen molar-refractivity contribution >= 4 is 50.7 Å². The Morgan fingerprint density at radius 2 is 1.45 bits per heavy atom. The van der Waals surface area contributed by atoms with Crippen molar-refractivity contribution < 1.29 is 18.0 Å². The molecule has 0 spiro atoms. The van der Waals surface area contributed by atoms with Crippen LogP contribution in [-0.2, 0) is 32.6 Å². The smallest absolute Gasteiger partial charge is 0.264 e. The van der Waals surface area contributed by atoms with Gasteiger partial charge in [0.1, 0.15) is 12.6 Å². The number of rotatable bonds is 11. The van der Waals surface area contributed by atoms with Gasteiger partial charge in [-0.1, -0.05) is 83.4 Å². The largest absolute Gasteiger partial charge is 0.357 e. The van der Waals surface area contributed by atoms with E-state index in [9.17, 15) is 18.0 Å². The molecule has 0 radical (unpaired) electrons. The third-order valence-corrected chi connectivity index (χ3v) is 9.63. The number of hydrogen-bond acceptors (Lipinski definition) is 4. The number of sulfonamides is 1. The number of nitrogens with zero attached hydrogens (tertiary/aromatic N) is 2. The predicted molar refractivity (Wildman–Crippen MR) is 177 cm³/mol. The first-order valence-electron chi connectivity index (χ1n) is 14.1. The molecule has 1 N–H and O–H groups in total. The number of aryl methyl sites for hydroxylation is 3. The maximum absolute atomic E-state index is 14.4. The van der Waals surface area contributed by atoms with Crippen LogP contribution in [0.1, 0.15) is 27.8 Å². The van der Waals surface area contributed by atoms with Gasteiger partial charge in [-0.3, -0.25) is 13.9 Å². The van der Waals surface area contributed by atoms with Crippen LogP contribution >= 0.6 is 23.2 Å². The number of nitrogens with one attached hydrogen (secondary N) is 1. The first kappa shape index (κ1) is 33.1. The van der Waals surface area contributed by atoms with Gasteiger partial charge in [-0.15, -0.1) is 0 Å². The first-order valence-corrected chi connectivity index (χ1v) is 16.2. The molecule has 4 aromatic carbocycles. The lowest BCUT2D eigenvalue weighted by Gasteiger charge is -2.34. The molecule has 4 rings (SSSR count). The van der Waals surface area contributed by atoms with Crippen molar-refractivity contribution in [3.8, 4) is 0 Å². The number of hydrogen-bond donors (Lipinski definition) is 1. The average molecular weight is 653 g/mol. The zero-order chi connectivity index (χ0) is 32.0. The molecule has 1 unspecified atom stereocenters. The Kier molecular flexibility index (Phi) is 10.7. The van der Waals surface area contributed by atoms with E-state index < -0.39 is 34.4 Å². The number of carbonyl (C=O) groups excluding carboxylic acids is 2. The van der Waals surface area contributed by atoms with Gasteiger partial charge in [-0.25, -0.2) is 8.42 Å². The predicted octanol–water partition coefficient (Wildman–Crippen LogP) is 6.50. The topological polar surface area (TPSA) is 86.8 Å². The van der Waals surface area contributed by atoms with E-state index in [0.717, 1.165) is 26.6 Å².